The van der Waals surface area contributed by atoms with Crippen LogP contribution in [0.3, 0.4) is 0 Å². The normalized spacial score (nSPS) is 10.8. The van der Waals surface area contributed by atoms with Crippen molar-refractivity contribution in [3.63, 3.8) is 0 Å². The van der Waals surface area contributed by atoms with Crippen molar-refractivity contribution in [1.29, 1.82) is 0 Å². The molecule has 7 heteroatoms. The number of para-hydroxylation sites is 1. The van der Waals surface area contributed by atoms with E-state index in [1.807, 2.05) is 41.9 Å². The molecule has 0 aliphatic rings. The monoisotopic (exact) mass is 315 g/mol. The number of carbonyl (C=O) groups excluding carboxylic acids is 1. The largest absolute Gasteiger partial charge is 0.476 e. The van der Waals surface area contributed by atoms with Gasteiger partial charge in [-0.05, 0) is 12.1 Å². The van der Waals surface area contributed by atoms with Crippen molar-refractivity contribution in [2.45, 2.75) is 6.54 Å². The molecule has 0 bridgehead atoms. The highest BCUT2D eigenvalue weighted by Gasteiger charge is 2.14. The van der Waals surface area contributed by atoms with Crippen LogP contribution in [0.4, 0.5) is 0 Å². The van der Waals surface area contributed by atoms with Crippen molar-refractivity contribution in [3.05, 3.63) is 52.1 Å². The quantitative estimate of drug-likeness (QED) is 0.773. The second-order valence-corrected chi connectivity index (χ2v) is 5.70. The van der Waals surface area contributed by atoms with Crippen LogP contribution < -0.4 is 5.32 Å². The molecular formula is C15H13N3O3S. The van der Waals surface area contributed by atoms with Crippen molar-refractivity contribution in [3.8, 4) is 0 Å². The van der Waals surface area contributed by atoms with Crippen molar-refractivity contribution >= 4 is 34.1 Å². The molecule has 1 aromatic carbocycles. The third kappa shape index (κ3) is 2.58. The lowest BCUT2D eigenvalue weighted by molar-refractivity contribution is 0.0691. The highest BCUT2D eigenvalue weighted by molar-refractivity contribution is 7.09. The Balaban J connectivity index is 1.75. The van der Waals surface area contributed by atoms with Crippen molar-refractivity contribution in [2.75, 3.05) is 0 Å². The summed E-state index contributed by atoms with van der Waals surface area (Å²) in [6.45, 7) is 0.207. The van der Waals surface area contributed by atoms with Gasteiger partial charge in [0.15, 0.2) is 5.69 Å². The molecule has 1 amide bonds. The van der Waals surface area contributed by atoms with Gasteiger partial charge in [0.05, 0.1) is 6.54 Å². The maximum atomic E-state index is 12.3. The second-order valence-electron chi connectivity index (χ2n) is 4.76. The molecule has 0 saturated heterocycles. The standard InChI is InChI=1S/C15H13N3O3S/c1-18-11-5-3-2-4-9(11)6-12(18)14(19)16-7-13-17-10(8-22-13)15(20)21/h2-6,8H,7H2,1H3,(H,16,19)(H,20,21). The molecule has 3 aromatic rings. The Hall–Kier alpha value is -2.67. The third-order valence-electron chi connectivity index (χ3n) is 3.36. The summed E-state index contributed by atoms with van der Waals surface area (Å²) >= 11 is 1.21. The lowest BCUT2D eigenvalue weighted by Gasteiger charge is -2.05. The fraction of sp³-hybridized carbons (Fsp3) is 0.133. The molecule has 0 radical (unpaired) electrons. The zero-order valence-electron chi connectivity index (χ0n) is 11.7. The van der Waals surface area contributed by atoms with Gasteiger partial charge in [-0.25, -0.2) is 9.78 Å². The van der Waals surface area contributed by atoms with Gasteiger partial charge in [-0.15, -0.1) is 11.3 Å². The molecular weight excluding hydrogens is 302 g/mol. The zero-order valence-corrected chi connectivity index (χ0v) is 12.6. The average molecular weight is 315 g/mol. The summed E-state index contributed by atoms with van der Waals surface area (Å²) in [6.07, 6.45) is 0. The minimum atomic E-state index is -1.07. The summed E-state index contributed by atoms with van der Waals surface area (Å²) in [5.41, 5.74) is 1.53. The average Bonchev–Trinajstić information content (AvgIpc) is 3.11. The molecule has 112 valence electrons. The van der Waals surface area contributed by atoms with Gasteiger partial charge >= 0.3 is 5.97 Å². The van der Waals surface area contributed by atoms with E-state index in [1.165, 1.54) is 16.7 Å². The van der Waals surface area contributed by atoms with E-state index in [9.17, 15) is 9.59 Å². The van der Waals surface area contributed by atoms with Crippen molar-refractivity contribution in [1.82, 2.24) is 14.9 Å². The van der Waals surface area contributed by atoms with Crippen LogP contribution in [-0.4, -0.2) is 26.5 Å². The first kappa shape index (κ1) is 14.3. The Labute approximate surface area is 130 Å². The molecule has 0 aliphatic heterocycles. The Kier molecular flexibility index (Phi) is 3.64. The number of hydrogen-bond acceptors (Lipinski definition) is 4. The van der Waals surface area contributed by atoms with Gasteiger partial charge < -0.3 is 15.0 Å². The van der Waals surface area contributed by atoms with Crippen LogP contribution in [0.15, 0.2) is 35.7 Å². The Morgan fingerprint density at radius 2 is 2.14 bits per heavy atom. The highest BCUT2D eigenvalue weighted by Crippen LogP contribution is 2.18. The van der Waals surface area contributed by atoms with Gasteiger partial charge in [0.1, 0.15) is 10.7 Å². The first-order chi connectivity index (χ1) is 10.6. The maximum absolute atomic E-state index is 12.3. The van der Waals surface area contributed by atoms with Gasteiger partial charge in [0, 0.05) is 23.3 Å². The summed E-state index contributed by atoms with van der Waals surface area (Å²) in [5, 5.41) is 14.6. The predicted octanol–water partition coefficient (Wildman–Crippen LogP) is 2.26. The fourth-order valence-corrected chi connectivity index (χ4v) is 2.95. The van der Waals surface area contributed by atoms with Crippen LogP contribution >= 0.6 is 11.3 Å². The molecule has 0 fully saturated rings. The second kappa shape index (κ2) is 5.61. The number of aromatic carboxylic acids is 1. The number of benzene rings is 1. The molecule has 3 rings (SSSR count). The Morgan fingerprint density at radius 1 is 1.36 bits per heavy atom. The van der Waals surface area contributed by atoms with Crippen LogP contribution in [0, 0.1) is 0 Å². The first-order valence-corrected chi connectivity index (χ1v) is 7.44. The minimum absolute atomic E-state index is 0.00106. The number of aryl methyl sites for hydroxylation is 1. The SMILES string of the molecule is Cn1c(C(=O)NCc2nc(C(=O)O)cs2)cc2ccccc21. The number of nitrogens with zero attached hydrogens (tertiary/aromatic N) is 2. The van der Waals surface area contributed by atoms with Crippen LogP contribution in [0.1, 0.15) is 26.0 Å². The molecule has 6 nitrogen and oxygen atoms in total. The van der Waals surface area contributed by atoms with E-state index >= 15 is 0 Å². The zero-order chi connectivity index (χ0) is 15.7. The Bertz CT molecular complexity index is 866. The molecule has 22 heavy (non-hydrogen) atoms. The van der Waals surface area contributed by atoms with E-state index in [0.29, 0.717) is 10.7 Å². The number of carboxylic acid groups (broad SMARTS) is 1. The highest BCUT2D eigenvalue weighted by atomic mass is 32.1. The summed E-state index contributed by atoms with van der Waals surface area (Å²) in [4.78, 5) is 27.0. The Morgan fingerprint density at radius 3 is 2.82 bits per heavy atom. The molecule has 0 unspecified atom stereocenters. The van der Waals surface area contributed by atoms with Crippen LogP contribution in [0.5, 0.6) is 0 Å². The van der Waals surface area contributed by atoms with Crippen LogP contribution in [-0.2, 0) is 13.6 Å². The number of fused-ring (bicyclic) bond motifs is 1. The minimum Gasteiger partial charge on any atom is -0.476 e. The van der Waals surface area contributed by atoms with Gasteiger partial charge in [-0.2, -0.15) is 0 Å². The van der Waals surface area contributed by atoms with Crippen molar-refractivity contribution in [2.24, 2.45) is 7.05 Å². The molecule has 0 aliphatic carbocycles. The number of amides is 1. The lowest BCUT2D eigenvalue weighted by Crippen LogP contribution is -2.24. The molecule has 0 saturated carbocycles. The summed E-state index contributed by atoms with van der Waals surface area (Å²) in [6, 6.07) is 9.58. The van der Waals surface area contributed by atoms with Crippen LogP contribution in [0.25, 0.3) is 10.9 Å². The maximum Gasteiger partial charge on any atom is 0.355 e. The smallest absolute Gasteiger partial charge is 0.355 e. The number of rotatable bonds is 4. The topological polar surface area (TPSA) is 84.2 Å². The summed E-state index contributed by atoms with van der Waals surface area (Å²) in [7, 11) is 1.84. The summed E-state index contributed by atoms with van der Waals surface area (Å²) < 4.78 is 1.83. The number of hydrogen-bond donors (Lipinski definition) is 2. The number of thiazole rings is 1. The van der Waals surface area contributed by atoms with E-state index in [0.717, 1.165) is 10.9 Å². The van der Waals surface area contributed by atoms with Crippen molar-refractivity contribution < 1.29 is 14.7 Å². The number of carboxylic acids is 1. The van der Waals surface area contributed by atoms with Crippen LogP contribution in [0.2, 0.25) is 0 Å². The van der Waals surface area contributed by atoms with Gasteiger partial charge in [-0.1, -0.05) is 18.2 Å². The van der Waals surface area contributed by atoms with E-state index < -0.39 is 5.97 Å². The fourth-order valence-electron chi connectivity index (χ4n) is 2.24. The molecule has 0 spiro atoms. The van der Waals surface area contributed by atoms with E-state index in [2.05, 4.69) is 10.3 Å². The number of nitrogens with one attached hydrogen (secondary N) is 1. The molecule has 0 atom stereocenters. The third-order valence-corrected chi connectivity index (χ3v) is 4.20. The van der Waals surface area contributed by atoms with E-state index in [-0.39, 0.29) is 18.1 Å². The van der Waals surface area contributed by atoms with E-state index in [4.69, 9.17) is 5.11 Å². The lowest BCUT2D eigenvalue weighted by atomic mass is 10.2. The van der Waals surface area contributed by atoms with E-state index in [1.54, 1.807) is 0 Å². The molecule has 2 N–H and O–H groups in total. The van der Waals surface area contributed by atoms with Gasteiger partial charge in [0.2, 0.25) is 0 Å². The summed E-state index contributed by atoms with van der Waals surface area (Å²) in [5.74, 6) is -1.28. The van der Waals surface area contributed by atoms with Gasteiger partial charge in [0.25, 0.3) is 5.91 Å². The number of carbonyl (C=O) groups is 2. The number of aromatic nitrogens is 2. The molecule has 2 heterocycles. The predicted molar refractivity (Wildman–Crippen MR) is 83.2 cm³/mol. The van der Waals surface area contributed by atoms with Gasteiger partial charge in [-0.3, -0.25) is 4.79 Å². The first-order valence-electron chi connectivity index (χ1n) is 6.56. The molecule has 2 aromatic heterocycles.